The predicted molar refractivity (Wildman–Crippen MR) is 128 cm³/mol. The van der Waals surface area contributed by atoms with Crippen LogP contribution in [0.3, 0.4) is 0 Å². The Bertz CT molecular complexity index is 1440. The first kappa shape index (κ1) is 21.1. The van der Waals surface area contributed by atoms with Gasteiger partial charge in [0.2, 0.25) is 5.91 Å². The smallest absolute Gasteiger partial charge is 0.256 e. The first-order valence-electron chi connectivity index (χ1n) is 12.0. The Morgan fingerprint density at radius 3 is 2.63 bits per heavy atom. The van der Waals surface area contributed by atoms with Crippen LogP contribution in [0.1, 0.15) is 31.2 Å². The molecule has 2 aliphatic heterocycles. The van der Waals surface area contributed by atoms with Gasteiger partial charge in [0, 0.05) is 43.1 Å². The molecule has 35 heavy (non-hydrogen) atoms. The van der Waals surface area contributed by atoms with Crippen molar-refractivity contribution in [3.8, 4) is 10.6 Å². The number of amidine groups is 1. The highest BCUT2D eigenvalue weighted by atomic mass is 32.1. The van der Waals surface area contributed by atoms with Gasteiger partial charge in [-0.15, -0.1) is 11.3 Å². The molecule has 0 bridgehead atoms. The average Bonchev–Trinajstić information content (AvgIpc) is 3.73. The van der Waals surface area contributed by atoms with Crippen molar-refractivity contribution < 1.29 is 18.4 Å². The highest BCUT2D eigenvalue weighted by Crippen LogP contribution is 2.46. The molecule has 2 aliphatic carbocycles. The number of amides is 2. The standard InChI is InChI=1S/C26H22F2N4O2S/c27-17-4-6-21-20(10-17)29-23(35-21)16-3-5-18(19(28)9-16)22-30-26(7-8-26)25(34)32(22)13-14-11-31(12-14)24(33)15-1-2-15/h3-6,9-10,14-15H,1-2,7-8,11-13H2. The summed E-state index contributed by atoms with van der Waals surface area (Å²) in [5.41, 5.74) is 0.698. The van der Waals surface area contributed by atoms with Crippen LogP contribution in [0.4, 0.5) is 8.78 Å². The third-order valence-corrected chi connectivity index (χ3v) is 8.47. The molecule has 1 saturated heterocycles. The summed E-state index contributed by atoms with van der Waals surface area (Å²) < 4.78 is 29.8. The third kappa shape index (κ3) is 3.47. The molecule has 1 aromatic heterocycles. The van der Waals surface area contributed by atoms with Crippen LogP contribution < -0.4 is 0 Å². The van der Waals surface area contributed by atoms with Gasteiger partial charge >= 0.3 is 0 Å². The second kappa shape index (κ2) is 7.40. The lowest BCUT2D eigenvalue weighted by Crippen LogP contribution is -2.55. The summed E-state index contributed by atoms with van der Waals surface area (Å²) in [6, 6.07) is 9.25. The van der Waals surface area contributed by atoms with Gasteiger partial charge in [0.25, 0.3) is 5.91 Å². The second-order valence-electron chi connectivity index (χ2n) is 10.1. The van der Waals surface area contributed by atoms with E-state index in [-0.39, 0.29) is 29.5 Å². The zero-order valence-electron chi connectivity index (χ0n) is 18.8. The minimum atomic E-state index is -0.731. The quantitative estimate of drug-likeness (QED) is 0.536. The molecule has 3 aromatic rings. The lowest BCUT2D eigenvalue weighted by atomic mass is 9.98. The van der Waals surface area contributed by atoms with Crippen LogP contribution in [0.2, 0.25) is 0 Å². The molecular weight excluding hydrogens is 470 g/mol. The fourth-order valence-electron chi connectivity index (χ4n) is 5.04. The summed E-state index contributed by atoms with van der Waals surface area (Å²) in [6.07, 6.45) is 3.33. The van der Waals surface area contributed by atoms with Crippen LogP contribution in [-0.4, -0.2) is 57.6 Å². The Morgan fingerprint density at radius 2 is 1.91 bits per heavy atom. The van der Waals surface area contributed by atoms with Crippen molar-refractivity contribution in [2.45, 2.75) is 31.2 Å². The molecule has 2 saturated carbocycles. The number of rotatable bonds is 5. The molecular formula is C26H22F2N4O2S. The molecule has 2 amide bonds. The number of hydrogen-bond donors (Lipinski definition) is 0. The normalized spacial score (nSPS) is 21.1. The predicted octanol–water partition coefficient (Wildman–Crippen LogP) is 4.23. The van der Waals surface area contributed by atoms with E-state index >= 15 is 4.39 Å². The minimum Gasteiger partial charge on any atom is -0.342 e. The van der Waals surface area contributed by atoms with Crippen molar-refractivity contribution in [1.82, 2.24) is 14.8 Å². The van der Waals surface area contributed by atoms with Crippen LogP contribution >= 0.6 is 11.3 Å². The summed E-state index contributed by atoms with van der Waals surface area (Å²) in [5, 5.41) is 0.603. The number of benzene rings is 2. The van der Waals surface area contributed by atoms with Crippen molar-refractivity contribution in [1.29, 1.82) is 0 Å². The zero-order valence-corrected chi connectivity index (χ0v) is 19.7. The largest absolute Gasteiger partial charge is 0.342 e. The Kier molecular flexibility index (Phi) is 4.46. The lowest BCUT2D eigenvalue weighted by molar-refractivity contribution is -0.139. The van der Waals surface area contributed by atoms with E-state index in [2.05, 4.69) is 4.98 Å². The molecule has 2 aromatic carbocycles. The minimum absolute atomic E-state index is 0.0591. The van der Waals surface area contributed by atoms with Gasteiger partial charge in [0.15, 0.2) is 0 Å². The molecule has 3 fully saturated rings. The van der Waals surface area contributed by atoms with Crippen molar-refractivity contribution in [2.75, 3.05) is 19.6 Å². The number of hydrogen-bond acceptors (Lipinski definition) is 5. The highest BCUT2D eigenvalue weighted by molar-refractivity contribution is 7.21. The third-order valence-electron chi connectivity index (χ3n) is 7.39. The van der Waals surface area contributed by atoms with Crippen molar-refractivity contribution in [3.05, 3.63) is 53.6 Å². The molecule has 0 radical (unpaired) electrons. The second-order valence-corrected chi connectivity index (χ2v) is 11.1. The maximum absolute atomic E-state index is 15.4. The number of fused-ring (bicyclic) bond motifs is 1. The van der Waals surface area contributed by atoms with Gasteiger partial charge in [-0.1, -0.05) is 6.07 Å². The number of halogens is 2. The van der Waals surface area contributed by atoms with Gasteiger partial charge in [0.1, 0.15) is 28.0 Å². The first-order chi connectivity index (χ1) is 16.9. The van der Waals surface area contributed by atoms with Crippen molar-refractivity contribution in [3.63, 3.8) is 0 Å². The first-order valence-corrected chi connectivity index (χ1v) is 12.8. The van der Waals surface area contributed by atoms with E-state index in [1.807, 2.05) is 4.90 Å². The van der Waals surface area contributed by atoms with Crippen LogP contribution in [0, 0.1) is 23.5 Å². The SMILES string of the molecule is O=C(C1CC1)N1CC(CN2C(=O)C3(CC3)N=C2c2ccc(-c3nc4cc(F)ccc4s3)cc2F)C1. The topological polar surface area (TPSA) is 65.9 Å². The zero-order chi connectivity index (χ0) is 23.9. The van der Waals surface area contributed by atoms with E-state index in [4.69, 9.17) is 4.99 Å². The van der Waals surface area contributed by atoms with E-state index in [1.54, 1.807) is 23.1 Å². The Hall–Kier alpha value is -3.20. The van der Waals surface area contributed by atoms with Gasteiger partial charge < -0.3 is 4.90 Å². The molecule has 4 aliphatic rings. The average molecular weight is 493 g/mol. The van der Waals surface area contributed by atoms with Crippen LogP contribution in [0.25, 0.3) is 20.8 Å². The summed E-state index contributed by atoms with van der Waals surface area (Å²) in [5.74, 6) is 0.0815. The lowest BCUT2D eigenvalue weighted by Gasteiger charge is -2.41. The fourth-order valence-corrected chi connectivity index (χ4v) is 5.99. The summed E-state index contributed by atoms with van der Waals surface area (Å²) in [6.45, 7) is 1.72. The molecule has 1 spiro atoms. The number of thiazole rings is 1. The van der Waals surface area contributed by atoms with Crippen molar-refractivity contribution in [2.24, 2.45) is 16.8 Å². The maximum Gasteiger partial charge on any atom is 0.256 e. The van der Waals surface area contributed by atoms with E-state index in [9.17, 15) is 14.0 Å². The van der Waals surface area contributed by atoms with Crippen molar-refractivity contribution >= 4 is 39.2 Å². The molecule has 0 unspecified atom stereocenters. The maximum atomic E-state index is 15.4. The number of aliphatic imine (C=N–C) groups is 1. The molecule has 9 heteroatoms. The Labute approximate surface area is 204 Å². The van der Waals surface area contributed by atoms with Crippen LogP contribution in [-0.2, 0) is 9.59 Å². The molecule has 178 valence electrons. The Morgan fingerprint density at radius 1 is 1.11 bits per heavy atom. The van der Waals surface area contributed by atoms with Crippen LogP contribution in [0.15, 0.2) is 41.4 Å². The fraction of sp³-hybridized carbons (Fsp3) is 0.385. The van der Waals surface area contributed by atoms with Gasteiger partial charge in [-0.25, -0.2) is 13.8 Å². The van der Waals surface area contributed by atoms with Gasteiger partial charge in [0.05, 0.1) is 15.8 Å². The number of carbonyl (C=O) groups is 2. The molecule has 3 heterocycles. The molecule has 0 N–H and O–H groups in total. The Balaban J connectivity index is 1.14. The van der Waals surface area contributed by atoms with E-state index in [1.165, 1.54) is 29.5 Å². The van der Waals surface area contributed by atoms with Crippen LogP contribution in [0.5, 0.6) is 0 Å². The highest BCUT2D eigenvalue weighted by Gasteiger charge is 2.58. The number of nitrogens with zero attached hydrogens (tertiary/aromatic N) is 4. The van der Waals surface area contributed by atoms with Gasteiger partial charge in [-0.3, -0.25) is 19.5 Å². The van der Waals surface area contributed by atoms with Gasteiger partial charge in [-0.05, 0) is 49.9 Å². The number of likely N-dealkylation sites (tertiary alicyclic amines) is 1. The summed E-state index contributed by atoms with van der Waals surface area (Å²) >= 11 is 1.37. The number of aromatic nitrogens is 1. The summed E-state index contributed by atoms with van der Waals surface area (Å²) in [4.78, 5) is 38.1. The van der Waals surface area contributed by atoms with Gasteiger partial charge in [-0.2, -0.15) is 0 Å². The monoisotopic (exact) mass is 492 g/mol. The number of carbonyl (C=O) groups excluding carboxylic acids is 2. The van der Waals surface area contributed by atoms with E-state index in [0.29, 0.717) is 60.0 Å². The molecule has 0 atom stereocenters. The molecule has 7 rings (SSSR count). The van der Waals surface area contributed by atoms with E-state index in [0.717, 1.165) is 17.5 Å². The molecule has 6 nitrogen and oxygen atoms in total. The summed E-state index contributed by atoms with van der Waals surface area (Å²) in [7, 11) is 0. The van der Waals surface area contributed by atoms with E-state index < -0.39 is 11.4 Å².